The monoisotopic (exact) mass is 632 g/mol. The largest absolute Gasteiger partial charge is 0.340 e. The highest BCUT2D eigenvalue weighted by Crippen LogP contribution is 2.38. The van der Waals surface area contributed by atoms with Crippen molar-refractivity contribution in [2.24, 2.45) is 0 Å². The van der Waals surface area contributed by atoms with Crippen molar-refractivity contribution in [3.8, 4) is 0 Å². The van der Waals surface area contributed by atoms with E-state index in [1.807, 2.05) is 24.3 Å². The molecule has 0 saturated heterocycles. The molecule has 4 nitrogen and oxygen atoms in total. The number of aromatic nitrogens is 2. The molecule has 5 aromatic rings. The van der Waals surface area contributed by atoms with Crippen LogP contribution in [0.1, 0.15) is 112 Å². The molecule has 0 aliphatic heterocycles. The van der Waals surface area contributed by atoms with Gasteiger partial charge in [0, 0.05) is 67.8 Å². The first kappa shape index (κ1) is 32.6. The molecule has 0 atom stereocenters. The highest BCUT2D eigenvalue weighted by Gasteiger charge is 2.19. The molecule has 0 bridgehead atoms. The molecule has 0 aliphatic rings. The number of rotatable bonds is 18. The summed E-state index contributed by atoms with van der Waals surface area (Å²) in [5.41, 5.74) is 5.95. The standard InChI is InChI=1S/C38H46Cl2N2O2/c1-3-5-7-9-11-13-19-41-33-17-15-27(37(43)25-39)21-29(33)31-24-36-32(23-35(31)41)30-22-28(38(44)26-40)16-18-34(30)42(36)20-14-12-10-8-6-4-2/h15-18,21-24H,3-14,19-20,25-26H2,1-2H3. The third-order valence-electron chi connectivity index (χ3n) is 9.21. The van der Waals surface area contributed by atoms with Crippen LogP contribution in [0.2, 0.25) is 0 Å². The number of Topliss-reactive ketones (excluding diaryl/α,β-unsaturated/α-hetero) is 2. The van der Waals surface area contributed by atoms with Crippen LogP contribution in [0.25, 0.3) is 43.6 Å². The minimum absolute atomic E-state index is 0.0258. The Bertz CT molecular complexity index is 1630. The number of ketones is 2. The van der Waals surface area contributed by atoms with Gasteiger partial charge in [0.15, 0.2) is 11.6 Å². The van der Waals surface area contributed by atoms with Gasteiger partial charge in [0.1, 0.15) is 0 Å². The fraction of sp³-hybridized carbons (Fsp3) is 0.474. The predicted octanol–water partition coefficient (Wildman–Crippen LogP) is 11.5. The van der Waals surface area contributed by atoms with Crippen molar-refractivity contribution in [2.75, 3.05) is 11.8 Å². The quantitative estimate of drug-likeness (QED) is 0.0547. The van der Waals surface area contributed by atoms with E-state index in [2.05, 4.69) is 47.2 Å². The van der Waals surface area contributed by atoms with Crippen LogP contribution in [0, 0.1) is 0 Å². The first-order valence-electron chi connectivity index (χ1n) is 16.7. The van der Waals surface area contributed by atoms with Gasteiger partial charge in [0.2, 0.25) is 0 Å². The average Bonchev–Trinajstić information content (AvgIpc) is 3.52. The lowest BCUT2D eigenvalue weighted by molar-refractivity contribution is 0.101. The number of carbonyl (C=O) groups excluding carboxylic acids is 2. The maximum absolute atomic E-state index is 12.6. The van der Waals surface area contributed by atoms with Crippen LogP contribution in [-0.4, -0.2) is 32.5 Å². The molecule has 6 heteroatoms. The Morgan fingerprint density at radius 1 is 0.500 bits per heavy atom. The molecule has 234 valence electrons. The van der Waals surface area contributed by atoms with Crippen molar-refractivity contribution in [3.63, 3.8) is 0 Å². The van der Waals surface area contributed by atoms with E-state index in [0.717, 1.165) is 58.5 Å². The summed E-state index contributed by atoms with van der Waals surface area (Å²) in [5.74, 6) is -0.162. The maximum Gasteiger partial charge on any atom is 0.177 e. The zero-order valence-corrected chi connectivity index (χ0v) is 27.9. The van der Waals surface area contributed by atoms with Gasteiger partial charge in [0.25, 0.3) is 0 Å². The molecule has 0 saturated carbocycles. The Labute approximate surface area is 271 Å². The van der Waals surface area contributed by atoms with Crippen LogP contribution in [0.15, 0.2) is 48.5 Å². The summed E-state index contributed by atoms with van der Waals surface area (Å²) in [6.07, 6.45) is 14.8. The maximum atomic E-state index is 12.6. The van der Waals surface area contributed by atoms with E-state index in [4.69, 9.17) is 23.2 Å². The lowest BCUT2D eigenvalue weighted by atomic mass is 10.0. The van der Waals surface area contributed by atoms with Gasteiger partial charge in [-0.05, 0) is 61.4 Å². The molecule has 0 unspecified atom stereocenters. The molecule has 0 amide bonds. The predicted molar refractivity (Wildman–Crippen MR) is 189 cm³/mol. The molecule has 0 spiro atoms. The Hall–Kier alpha value is -2.82. The van der Waals surface area contributed by atoms with Crippen molar-refractivity contribution >= 4 is 78.4 Å². The third kappa shape index (κ3) is 6.87. The second-order valence-corrected chi connectivity index (χ2v) is 12.8. The molecule has 2 heterocycles. The van der Waals surface area contributed by atoms with Crippen molar-refractivity contribution < 1.29 is 9.59 Å². The summed E-state index contributed by atoms with van der Waals surface area (Å²) in [4.78, 5) is 25.3. The fourth-order valence-corrected chi connectivity index (χ4v) is 7.08. The first-order chi connectivity index (χ1) is 21.5. The van der Waals surface area contributed by atoms with Crippen LogP contribution in [-0.2, 0) is 13.1 Å². The van der Waals surface area contributed by atoms with Crippen LogP contribution in [0.4, 0.5) is 0 Å². The lowest BCUT2D eigenvalue weighted by Crippen LogP contribution is -2.01. The van der Waals surface area contributed by atoms with Crippen LogP contribution in [0.3, 0.4) is 0 Å². The number of unbranched alkanes of at least 4 members (excludes halogenated alkanes) is 10. The van der Waals surface area contributed by atoms with Crippen LogP contribution in [0.5, 0.6) is 0 Å². The molecule has 2 aromatic heterocycles. The summed E-state index contributed by atoms with van der Waals surface area (Å²) in [6, 6.07) is 16.7. The van der Waals surface area contributed by atoms with E-state index in [1.165, 1.54) is 75.2 Å². The molecule has 0 N–H and O–H groups in total. The number of aryl methyl sites for hydroxylation is 2. The van der Waals surface area contributed by atoms with E-state index in [1.54, 1.807) is 0 Å². The third-order valence-corrected chi connectivity index (χ3v) is 9.69. The number of hydrogen-bond donors (Lipinski definition) is 0. The highest BCUT2D eigenvalue weighted by atomic mass is 35.5. The molecular formula is C38H46Cl2N2O2. The number of nitrogens with zero attached hydrogens (tertiary/aromatic N) is 2. The SMILES string of the molecule is CCCCCCCCn1c2ccc(C(=O)CCl)cc2c2cc3c(cc21)c1cc(C(=O)CCl)ccc1n3CCCCCCCC. The highest BCUT2D eigenvalue weighted by molar-refractivity contribution is 6.31. The van der Waals surface area contributed by atoms with Gasteiger partial charge in [-0.3, -0.25) is 9.59 Å². The van der Waals surface area contributed by atoms with Gasteiger partial charge < -0.3 is 9.13 Å². The number of benzene rings is 3. The Balaban J connectivity index is 1.66. The Kier molecular flexibility index (Phi) is 11.4. The summed E-state index contributed by atoms with van der Waals surface area (Å²) < 4.78 is 4.87. The van der Waals surface area contributed by atoms with Gasteiger partial charge >= 0.3 is 0 Å². The van der Waals surface area contributed by atoms with E-state index in [-0.39, 0.29) is 23.3 Å². The zero-order chi connectivity index (χ0) is 31.1. The average molecular weight is 634 g/mol. The molecule has 44 heavy (non-hydrogen) atoms. The fourth-order valence-electron chi connectivity index (χ4n) is 6.77. The summed E-state index contributed by atoms with van der Waals surface area (Å²) in [7, 11) is 0. The van der Waals surface area contributed by atoms with E-state index in [0.29, 0.717) is 11.1 Å². The molecule has 0 radical (unpaired) electrons. The summed E-state index contributed by atoms with van der Waals surface area (Å²) >= 11 is 11.9. The number of hydrogen-bond acceptors (Lipinski definition) is 2. The van der Waals surface area contributed by atoms with Gasteiger partial charge in [0.05, 0.1) is 11.8 Å². The smallest absolute Gasteiger partial charge is 0.177 e. The van der Waals surface area contributed by atoms with Gasteiger partial charge in [-0.2, -0.15) is 0 Å². The van der Waals surface area contributed by atoms with E-state index >= 15 is 0 Å². The molecule has 0 fully saturated rings. The number of alkyl halides is 2. The topological polar surface area (TPSA) is 44.0 Å². The molecule has 5 rings (SSSR count). The normalized spacial score (nSPS) is 11.9. The number of carbonyl (C=O) groups is 2. The van der Waals surface area contributed by atoms with Crippen molar-refractivity contribution in [1.82, 2.24) is 9.13 Å². The molecular weight excluding hydrogens is 587 g/mol. The molecule has 0 aliphatic carbocycles. The Morgan fingerprint density at radius 3 is 1.25 bits per heavy atom. The van der Waals surface area contributed by atoms with Crippen molar-refractivity contribution in [3.05, 3.63) is 59.7 Å². The summed E-state index contributed by atoms with van der Waals surface area (Å²) in [5, 5.41) is 4.51. The summed E-state index contributed by atoms with van der Waals surface area (Å²) in [6.45, 7) is 6.35. The molecule has 3 aromatic carbocycles. The zero-order valence-electron chi connectivity index (χ0n) is 26.4. The van der Waals surface area contributed by atoms with Crippen LogP contribution < -0.4 is 0 Å². The van der Waals surface area contributed by atoms with Crippen LogP contribution >= 0.6 is 23.2 Å². The number of halogens is 2. The van der Waals surface area contributed by atoms with Crippen molar-refractivity contribution in [2.45, 2.75) is 104 Å². The number of fused-ring (bicyclic) bond motifs is 6. The minimum atomic E-state index is -0.0554. The van der Waals surface area contributed by atoms with Gasteiger partial charge in [-0.15, -0.1) is 23.2 Å². The van der Waals surface area contributed by atoms with Gasteiger partial charge in [-0.25, -0.2) is 0 Å². The van der Waals surface area contributed by atoms with Crippen molar-refractivity contribution in [1.29, 1.82) is 0 Å². The lowest BCUT2D eigenvalue weighted by Gasteiger charge is -2.09. The second kappa shape index (κ2) is 15.5. The Morgan fingerprint density at radius 2 is 0.864 bits per heavy atom. The minimum Gasteiger partial charge on any atom is -0.340 e. The van der Waals surface area contributed by atoms with E-state index < -0.39 is 0 Å². The van der Waals surface area contributed by atoms with Gasteiger partial charge in [-0.1, -0.05) is 78.1 Å². The second-order valence-electron chi connectivity index (χ2n) is 12.3. The first-order valence-corrected chi connectivity index (χ1v) is 17.8. The van der Waals surface area contributed by atoms with E-state index in [9.17, 15) is 9.59 Å².